The number of carbonyl (C=O) groups is 1. The molecule has 1 heterocycles. The lowest BCUT2D eigenvalue weighted by Gasteiger charge is -2.04. The Balaban J connectivity index is 1.73. The van der Waals surface area contributed by atoms with E-state index in [2.05, 4.69) is 5.32 Å². The van der Waals surface area contributed by atoms with Gasteiger partial charge < -0.3 is 10.5 Å². The maximum Gasteiger partial charge on any atom is 0.251 e. The van der Waals surface area contributed by atoms with Gasteiger partial charge in [0.1, 0.15) is 0 Å². The minimum atomic E-state index is 0.000697. The summed E-state index contributed by atoms with van der Waals surface area (Å²) in [6, 6.07) is 5.18. The Morgan fingerprint density at radius 2 is 2.38 bits per heavy atom. The van der Waals surface area contributed by atoms with Crippen molar-refractivity contribution in [2.75, 3.05) is 12.3 Å². The Bertz CT molecular complexity index is 380. The number of nitrogens with zero attached hydrogens (tertiary/aromatic N) is 1. The lowest BCUT2D eigenvalue weighted by molar-refractivity contribution is -0.645. The number of hydrogen-bond donors (Lipinski definition) is 1. The van der Waals surface area contributed by atoms with Gasteiger partial charge in [0.25, 0.3) is 5.03 Å². The van der Waals surface area contributed by atoms with Crippen LogP contribution in [0.15, 0.2) is 29.4 Å². The minimum absolute atomic E-state index is 0.000697. The summed E-state index contributed by atoms with van der Waals surface area (Å²) >= 11 is 1.27. The molecular formula is C11H14N2O2S. The molecule has 1 amide bonds. The van der Waals surface area contributed by atoms with Crippen molar-refractivity contribution in [1.29, 1.82) is 0 Å². The number of rotatable bonds is 5. The molecule has 1 aromatic rings. The van der Waals surface area contributed by atoms with Gasteiger partial charge in [-0.2, -0.15) is 4.73 Å². The average molecular weight is 238 g/mol. The van der Waals surface area contributed by atoms with Crippen LogP contribution in [0.1, 0.15) is 12.8 Å². The van der Waals surface area contributed by atoms with Gasteiger partial charge in [-0.25, -0.2) is 0 Å². The molecule has 1 fully saturated rings. The van der Waals surface area contributed by atoms with Gasteiger partial charge in [-0.15, -0.1) is 0 Å². The van der Waals surface area contributed by atoms with Crippen LogP contribution < -0.4 is 10.0 Å². The molecule has 1 N–H and O–H groups in total. The Morgan fingerprint density at radius 3 is 3.06 bits per heavy atom. The molecule has 0 saturated heterocycles. The van der Waals surface area contributed by atoms with Gasteiger partial charge in [-0.1, -0.05) is 0 Å². The van der Waals surface area contributed by atoms with E-state index in [0.29, 0.717) is 16.7 Å². The van der Waals surface area contributed by atoms with Gasteiger partial charge in [-0.05, 0) is 36.6 Å². The van der Waals surface area contributed by atoms with E-state index in [4.69, 9.17) is 0 Å². The van der Waals surface area contributed by atoms with E-state index in [-0.39, 0.29) is 5.91 Å². The van der Waals surface area contributed by atoms with E-state index in [1.165, 1.54) is 30.8 Å². The average Bonchev–Trinajstić information content (AvgIpc) is 3.09. The molecular weight excluding hydrogens is 224 g/mol. The number of amides is 1. The first-order valence-electron chi connectivity index (χ1n) is 5.33. The monoisotopic (exact) mass is 238 g/mol. The van der Waals surface area contributed by atoms with Gasteiger partial charge in [0.2, 0.25) is 5.91 Å². The van der Waals surface area contributed by atoms with E-state index >= 15 is 0 Å². The molecule has 2 rings (SSSR count). The third-order valence-electron chi connectivity index (χ3n) is 2.42. The van der Waals surface area contributed by atoms with Gasteiger partial charge in [0.15, 0.2) is 6.20 Å². The van der Waals surface area contributed by atoms with Crippen molar-refractivity contribution in [2.24, 2.45) is 5.92 Å². The third-order valence-corrected chi connectivity index (χ3v) is 3.44. The van der Waals surface area contributed by atoms with Crippen LogP contribution in [0.3, 0.4) is 0 Å². The van der Waals surface area contributed by atoms with E-state index in [1.807, 2.05) is 0 Å². The van der Waals surface area contributed by atoms with Crippen LogP contribution in [0, 0.1) is 11.1 Å². The second-order valence-corrected chi connectivity index (χ2v) is 4.90. The number of carbonyl (C=O) groups excluding carboxylic acids is 1. The van der Waals surface area contributed by atoms with E-state index < -0.39 is 0 Å². The second kappa shape index (κ2) is 5.21. The minimum Gasteiger partial charge on any atom is -0.618 e. The van der Waals surface area contributed by atoms with Gasteiger partial charge in [0.05, 0.1) is 5.75 Å². The summed E-state index contributed by atoms with van der Waals surface area (Å²) in [6.07, 6.45) is 3.89. The zero-order valence-corrected chi connectivity index (χ0v) is 9.70. The molecule has 86 valence electrons. The number of aromatic nitrogens is 1. The van der Waals surface area contributed by atoms with Crippen molar-refractivity contribution < 1.29 is 9.52 Å². The van der Waals surface area contributed by atoms with Crippen molar-refractivity contribution in [1.82, 2.24) is 5.32 Å². The summed E-state index contributed by atoms with van der Waals surface area (Å²) in [4.78, 5) is 11.4. The lowest BCUT2D eigenvalue weighted by atomic mass is 10.4. The second-order valence-electron chi connectivity index (χ2n) is 3.90. The molecule has 1 saturated carbocycles. The fourth-order valence-electron chi connectivity index (χ4n) is 1.30. The molecule has 0 radical (unpaired) electrons. The number of thioether (sulfide) groups is 1. The molecule has 1 aliphatic carbocycles. The normalized spacial score (nSPS) is 14.8. The Labute approximate surface area is 98.6 Å². The van der Waals surface area contributed by atoms with Gasteiger partial charge in [0, 0.05) is 18.7 Å². The predicted molar refractivity (Wildman–Crippen MR) is 61.9 cm³/mol. The largest absolute Gasteiger partial charge is 0.618 e. The molecule has 0 bridgehead atoms. The van der Waals surface area contributed by atoms with Crippen LogP contribution in [0.5, 0.6) is 0 Å². The van der Waals surface area contributed by atoms with Crippen LogP contribution >= 0.6 is 11.8 Å². The zero-order chi connectivity index (χ0) is 11.4. The van der Waals surface area contributed by atoms with Gasteiger partial charge >= 0.3 is 0 Å². The van der Waals surface area contributed by atoms with Crippen LogP contribution in [-0.4, -0.2) is 18.2 Å². The predicted octanol–water partition coefficient (Wildman–Crippen LogP) is 0.938. The third kappa shape index (κ3) is 3.41. The number of hydrogen-bond acceptors (Lipinski definition) is 3. The lowest BCUT2D eigenvalue weighted by Crippen LogP contribution is -2.30. The highest BCUT2D eigenvalue weighted by atomic mass is 32.2. The number of pyridine rings is 1. The van der Waals surface area contributed by atoms with Crippen molar-refractivity contribution >= 4 is 17.7 Å². The molecule has 0 aliphatic heterocycles. The summed E-state index contributed by atoms with van der Waals surface area (Å²) in [6.45, 7) is 0.783. The van der Waals surface area contributed by atoms with Crippen LogP contribution in [0.2, 0.25) is 0 Å². The maximum absolute atomic E-state index is 11.4. The molecule has 4 nitrogen and oxygen atoms in total. The Morgan fingerprint density at radius 1 is 1.56 bits per heavy atom. The first-order chi connectivity index (χ1) is 7.75. The summed E-state index contributed by atoms with van der Waals surface area (Å²) in [5, 5.41) is 14.7. The molecule has 0 aromatic carbocycles. The molecule has 0 atom stereocenters. The van der Waals surface area contributed by atoms with E-state index in [1.54, 1.807) is 18.2 Å². The van der Waals surface area contributed by atoms with Crippen LogP contribution in [-0.2, 0) is 4.79 Å². The smallest absolute Gasteiger partial charge is 0.251 e. The van der Waals surface area contributed by atoms with Gasteiger partial charge in [-0.3, -0.25) is 4.79 Å². The molecule has 1 aromatic heterocycles. The highest BCUT2D eigenvalue weighted by Gasteiger charge is 2.21. The first kappa shape index (κ1) is 11.3. The Hall–Kier alpha value is -1.23. The highest BCUT2D eigenvalue weighted by molar-refractivity contribution is 7.99. The zero-order valence-electron chi connectivity index (χ0n) is 8.89. The molecule has 0 unspecified atom stereocenters. The SMILES string of the molecule is O=C(CSc1cccc[n+]1[O-])NCC1CC1. The molecule has 16 heavy (non-hydrogen) atoms. The number of nitrogens with one attached hydrogen (secondary N) is 1. The van der Waals surface area contributed by atoms with E-state index in [9.17, 15) is 10.0 Å². The van der Waals surface area contributed by atoms with Crippen molar-refractivity contribution in [3.05, 3.63) is 29.6 Å². The highest BCUT2D eigenvalue weighted by Crippen LogP contribution is 2.27. The van der Waals surface area contributed by atoms with Crippen LogP contribution in [0.4, 0.5) is 0 Å². The fraction of sp³-hybridized carbons (Fsp3) is 0.455. The Kier molecular flexibility index (Phi) is 3.66. The summed E-state index contributed by atoms with van der Waals surface area (Å²) < 4.78 is 0.777. The summed E-state index contributed by atoms with van der Waals surface area (Å²) in [5.41, 5.74) is 0. The summed E-state index contributed by atoms with van der Waals surface area (Å²) in [7, 11) is 0. The van der Waals surface area contributed by atoms with Crippen molar-refractivity contribution in [2.45, 2.75) is 17.9 Å². The summed E-state index contributed by atoms with van der Waals surface area (Å²) in [5.74, 6) is 0.995. The fourth-order valence-corrected chi connectivity index (χ4v) is 2.04. The topological polar surface area (TPSA) is 56.0 Å². The molecule has 1 aliphatic rings. The van der Waals surface area contributed by atoms with Crippen molar-refractivity contribution in [3.63, 3.8) is 0 Å². The molecule has 0 spiro atoms. The quantitative estimate of drug-likeness (QED) is 0.472. The van der Waals surface area contributed by atoms with Crippen LogP contribution in [0.25, 0.3) is 0 Å². The molecule has 5 heteroatoms. The van der Waals surface area contributed by atoms with Crippen molar-refractivity contribution in [3.8, 4) is 0 Å². The standard InChI is InChI=1S/C11H14N2O2S/c14-10(12-7-9-4-5-9)8-16-11-3-1-2-6-13(11)15/h1-3,6,9H,4-5,7-8H2,(H,12,14). The van der Waals surface area contributed by atoms with E-state index in [0.717, 1.165) is 11.3 Å². The first-order valence-corrected chi connectivity index (χ1v) is 6.32. The maximum atomic E-state index is 11.4.